The van der Waals surface area contributed by atoms with Crippen molar-refractivity contribution in [1.82, 2.24) is 13.9 Å². The summed E-state index contributed by atoms with van der Waals surface area (Å²) in [4.78, 5) is 4.97. The lowest BCUT2D eigenvalue weighted by atomic mass is 10.2. The van der Waals surface area contributed by atoms with E-state index in [2.05, 4.69) is 10.3 Å². The molecule has 4 rings (SSSR count). The minimum absolute atomic E-state index is 0.253. The number of fused-ring (bicyclic) bond motifs is 1. The number of benzene rings is 2. The van der Waals surface area contributed by atoms with Gasteiger partial charge in [0.15, 0.2) is 0 Å². The zero-order valence-electron chi connectivity index (χ0n) is 17.4. The van der Waals surface area contributed by atoms with Gasteiger partial charge in [-0.25, -0.2) is 17.8 Å². The molecule has 0 aliphatic carbocycles. The predicted molar refractivity (Wildman–Crippen MR) is 116 cm³/mol. The Morgan fingerprint density at radius 2 is 1.87 bits per heavy atom. The number of piperidine rings is 1. The highest BCUT2D eigenvalue weighted by atomic mass is 32.2. The first kappa shape index (κ1) is 20.8. The van der Waals surface area contributed by atoms with Gasteiger partial charge in [0.2, 0.25) is 10.0 Å². The molecule has 1 N–H and O–H groups in total. The SMILES string of the molecule is CCn1c(CNc2ccc(C)c(F)c2)nc2cc(S(=O)(=O)N3CCCCC3)ccc21. The minimum Gasteiger partial charge on any atom is -0.378 e. The molecule has 8 heteroatoms. The Labute approximate surface area is 176 Å². The summed E-state index contributed by atoms with van der Waals surface area (Å²) in [6, 6.07) is 10.2. The van der Waals surface area contributed by atoms with Crippen LogP contribution in [-0.4, -0.2) is 35.4 Å². The average Bonchev–Trinajstić information content (AvgIpc) is 3.12. The van der Waals surface area contributed by atoms with Gasteiger partial charge in [-0.15, -0.1) is 0 Å². The molecule has 0 amide bonds. The van der Waals surface area contributed by atoms with Crippen molar-refractivity contribution in [2.24, 2.45) is 0 Å². The molecule has 0 bridgehead atoms. The molecule has 0 atom stereocenters. The van der Waals surface area contributed by atoms with Crippen LogP contribution in [0.1, 0.15) is 37.6 Å². The molecule has 0 saturated carbocycles. The van der Waals surface area contributed by atoms with Gasteiger partial charge in [0.05, 0.1) is 22.5 Å². The van der Waals surface area contributed by atoms with E-state index in [1.807, 2.05) is 23.6 Å². The minimum atomic E-state index is -3.50. The van der Waals surface area contributed by atoms with Gasteiger partial charge in [-0.1, -0.05) is 12.5 Å². The quantitative estimate of drug-likeness (QED) is 0.634. The summed E-state index contributed by atoms with van der Waals surface area (Å²) in [5.41, 5.74) is 2.83. The third-order valence-electron chi connectivity index (χ3n) is 5.69. The maximum atomic E-state index is 13.8. The van der Waals surface area contributed by atoms with E-state index in [9.17, 15) is 12.8 Å². The second-order valence-corrected chi connectivity index (χ2v) is 9.64. The van der Waals surface area contributed by atoms with Crippen molar-refractivity contribution in [2.75, 3.05) is 18.4 Å². The van der Waals surface area contributed by atoms with Gasteiger partial charge in [-0.05, 0) is 62.6 Å². The fourth-order valence-corrected chi connectivity index (χ4v) is 5.48. The average molecular weight is 431 g/mol. The van der Waals surface area contributed by atoms with E-state index in [1.54, 1.807) is 29.4 Å². The highest BCUT2D eigenvalue weighted by Gasteiger charge is 2.26. The highest BCUT2D eigenvalue weighted by molar-refractivity contribution is 7.89. The topological polar surface area (TPSA) is 67.2 Å². The van der Waals surface area contributed by atoms with Gasteiger partial charge in [0, 0.05) is 25.3 Å². The number of anilines is 1. The number of rotatable bonds is 6. The molecule has 0 unspecified atom stereocenters. The number of imidazole rings is 1. The molecule has 1 saturated heterocycles. The summed E-state index contributed by atoms with van der Waals surface area (Å²) in [7, 11) is -3.50. The normalized spacial score (nSPS) is 15.6. The fourth-order valence-electron chi connectivity index (χ4n) is 3.95. The van der Waals surface area contributed by atoms with Crippen LogP contribution in [0.25, 0.3) is 11.0 Å². The number of aryl methyl sites for hydroxylation is 2. The summed E-state index contributed by atoms with van der Waals surface area (Å²) >= 11 is 0. The number of hydrogen-bond acceptors (Lipinski definition) is 4. The predicted octanol–water partition coefficient (Wildman–Crippen LogP) is 4.29. The first-order valence-electron chi connectivity index (χ1n) is 10.4. The van der Waals surface area contributed by atoms with E-state index in [1.165, 1.54) is 6.07 Å². The van der Waals surface area contributed by atoms with Crippen LogP contribution in [0.2, 0.25) is 0 Å². The van der Waals surface area contributed by atoms with Gasteiger partial charge < -0.3 is 9.88 Å². The third kappa shape index (κ3) is 3.94. The largest absolute Gasteiger partial charge is 0.378 e. The Morgan fingerprint density at radius 3 is 2.57 bits per heavy atom. The lowest BCUT2D eigenvalue weighted by molar-refractivity contribution is 0.346. The molecule has 1 aliphatic rings. The van der Waals surface area contributed by atoms with Crippen LogP contribution in [0.5, 0.6) is 0 Å². The lowest BCUT2D eigenvalue weighted by Crippen LogP contribution is -2.35. The number of nitrogens with zero attached hydrogens (tertiary/aromatic N) is 3. The molecule has 0 spiro atoms. The monoisotopic (exact) mass is 430 g/mol. The van der Waals surface area contributed by atoms with Gasteiger partial charge in [-0.3, -0.25) is 0 Å². The number of sulfonamides is 1. The first-order chi connectivity index (χ1) is 14.4. The molecule has 2 heterocycles. The highest BCUT2D eigenvalue weighted by Crippen LogP contribution is 2.25. The third-order valence-corrected chi connectivity index (χ3v) is 7.58. The maximum Gasteiger partial charge on any atom is 0.243 e. The first-order valence-corrected chi connectivity index (χ1v) is 11.8. The van der Waals surface area contributed by atoms with Crippen molar-refractivity contribution in [2.45, 2.75) is 51.1 Å². The van der Waals surface area contributed by atoms with E-state index in [0.717, 1.165) is 30.6 Å². The Hall–Kier alpha value is -2.45. The van der Waals surface area contributed by atoms with Gasteiger partial charge >= 0.3 is 0 Å². The van der Waals surface area contributed by atoms with Crippen LogP contribution in [0.4, 0.5) is 10.1 Å². The molecule has 6 nitrogen and oxygen atoms in total. The Kier molecular flexibility index (Phi) is 5.79. The van der Waals surface area contributed by atoms with Crippen LogP contribution >= 0.6 is 0 Å². The molecule has 3 aromatic rings. The van der Waals surface area contributed by atoms with Gasteiger partial charge in [0.1, 0.15) is 11.6 Å². The van der Waals surface area contributed by atoms with E-state index in [0.29, 0.717) is 42.9 Å². The Bertz CT molecular complexity index is 1170. The van der Waals surface area contributed by atoms with Crippen LogP contribution in [0.15, 0.2) is 41.3 Å². The zero-order valence-corrected chi connectivity index (χ0v) is 18.2. The number of halogens is 1. The van der Waals surface area contributed by atoms with Crippen LogP contribution < -0.4 is 5.32 Å². The Balaban J connectivity index is 1.62. The molecule has 1 aromatic heterocycles. The molecule has 2 aromatic carbocycles. The summed E-state index contributed by atoms with van der Waals surface area (Å²) in [5, 5.41) is 3.21. The Morgan fingerprint density at radius 1 is 1.10 bits per heavy atom. The van der Waals surface area contributed by atoms with E-state index in [4.69, 9.17) is 0 Å². The van der Waals surface area contributed by atoms with Crippen LogP contribution in [-0.2, 0) is 23.1 Å². The smallest absolute Gasteiger partial charge is 0.243 e. The summed E-state index contributed by atoms with van der Waals surface area (Å²) in [6.07, 6.45) is 2.88. The summed E-state index contributed by atoms with van der Waals surface area (Å²) in [5.74, 6) is 0.526. The zero-order chi connectivity index (χ0) is 21.3. The van der Waals surface area contributed by atoms with Crippen molar-refractivity contribution < 1.29 is 12.8 Å². The standard InChI is InChI=1S/C22H27FN4O2S/c1-3-27-21-10-9-18(30(28,29)26-11-5-4-6-12-26)14-20(21)25-22(27)15-24-17-8-7-16(2)19(23)13-17/h7-10,13-14,24H,3-6,11-12,15H2,1-2H3. The number of aromatic nitrogens is 2. The van der Waals surface area contributed by atoms with Crippen molar-refractivity contribution in [3.8, 4) is 0 Å². The molecule has 0 radical (unpaired) electrons. The molecular formula is C22H27FN4O2S. The lowest BCUT2D eigenvalue weighted by Gasteiger charge is -2.25. The molecule has 1 aliphatic heterocycles. The number of nitrogens with one attached hydrogen (secondary N) is 1. The molecule has 1 fully saturated rings. The molecule has 160 valence electrons. The van der Waals surface area contributed by atoms with Crippen molar-refractivity contribution in [3.05, 3.63) is 53.6 Å². The molecule has 30 heavy (non-hydrogen) atoms. The summed E-state index contributed by atoms with van der Waals surface area (Å²) < 4.78 is 43.4. The van der Waals surface area contributed by atoms with Crippen molar-refractivity contribution in [3.63, 3.8) is 0 Å². The maximum absolute atomic E-state index is 13.8. The second-order valence-electron chi connectivity index (χ2n) is 7.71. The van der Waals surface area contributed by atoms with Crippen molar-refractivity contribution in [1.29, 1.82) is 0 Å². The summed E-state index contributed by atoms with van der Waals surface area (Å²) in [6.45, 7) is 6.02. The number of hydrogen-bond donors (Lipinski definition) is 1. The van der Waals surface area contributed by atoms with Crippen LogP contribution in [0, 0.1) is 12.7 Å². The van der Waals surface area contributed by atoms with Crippen LogP contribution in [0.3, 0.4) is 0 Å². The van der Waals surface area contributed by atoms with Crippen molar-refractivity contribution >= 4 is 26.7 Å². The van der Waals surface area contributed by atoms with E-state index in [-0.39, 0.29) is 10.7 Å². The second kappa shape index (κ2) is 8.35. The van der Waals surface area contributed by atoms with E-state index < -0.39 is 10.0 Å². The van der Waals surface area contributed by atoms with E-state index >= 15 is 0 Å². The molecular weight excluding hydrogens is 403 g/mol. The van der Waals surface area contributed by atoms with Gasteiger partial charge in [0.25, 0.3) is 0 Å². The van der Waals surface area contributed by atoms with Gasteiger partial charge in [-0.2, -0.15) is 4.31 Å². The fraction of sp³-hybridized carbons (Fsp3) is 0.409.